The van der Waals surface area contributed by atoms with E-state index in [0.29, 0.717) is 18.7 Å². The summed E-state index contributed by atoms with van der Waals surface area (Å²) in [6, 6.07) is 4.39. The Balaban J connectivity index is 2.73. The van der Waals surface area contributed by atoms with Gasteiger partial charge >= 0.3 is 5.97 Å². The summed E-state index contributed by atoms with van der Waals surface area (Å²) in [5, 5.41) is 18.2. The standard InChI is InChI=1S/C13H17NO5/c1-14(7-3-4-12(16)17)13(18)10-8-9(19-2)5-6-11(10)15/h5-6,8,15H,3-4,7H2,1-2H3,(H,16,17). The van der Waals surface area contributed by atoms with Crippen molar-refractivity contribution in [2.45, 2.75) is 12.8 Å². The number of ether oxygens (including phenoxy) is 1. The molecule has 0 saturated carbocycles. The molecule has 1 aromatic carbocycles. The van der Waals surface area contributed by atoms with Crippen LogP contribution in [0.2, 0.25) is 0 Å². The average Bonchev–Trinajstić information content (AvgIpc) is 2.38. The van der Waals surface area contributed by atoms with Gasteiger partial charge in [0.1, 0.15) is 11.5 Å². The molecule has 0 radical (unpaired) electrons. The Morgan fingerprint density at radius 3 is 2.63 bits per heavy atom. The van der Waals surface area contributed by atoms with Crippen LogP contribution in [-0.4, -0.2) is 47.7 Å². The van der Waals surface area contributed by atoms with Crippen LogP contribution in [-0.2, 0) is 4.79 Å². The number of hydrogen-bond donors (Lipinski definition) is 2. The fourth-order valence-corrected chi connectivity index (χ4v) is 1.59. The Hall–Kier alpha value is -2.24. The van der Waals surface area contributed by atoms with E-state index in [4.69, 9.17) is 9.84 Å². The van der Waals surface area contributed by atoms with Crippen LogP contribution in [0.5, 0.6) is 11.5 Å². The van der Waals surface area contributed by atoms with Crippen LogP contribution in [0.3, 0.4) is 0 Å². The highest BCUT2D eigenvalue weighted by Crippen LogP contribution is 2.24. The van der Waals surface area contributed by atoms with Gasteiger partial charge in [-0.3, -0.25) is 9.59 Å². The number of amides is 1. The minimum Gasteiger partial charge on any atom is -0.507 e. The normalized spacial score (nSPS) is 10.0. The number of phenols is 1. The predicted molar refractivity (Wildman–Crippen MR) is 68.5 cm³/mol. The molecule has 6 nitrogen and oxygen atoms in total. The molecule has 104 valence electrons. The van der Waals surface area contributed by atoms with Crippen LogP contribution in [0.1, 0.15) is 23.2 Å². The molecule has 0 fully saturated rings. The largest absolute Gasteiger partial charge is 0.507 e. The molecule has 0 aliphatic carbocycles. The van der Waals surface area contributed by atoms with Crippen molar-refractivity contribution in [2.24, 2.45) is 0 Å². The van der Waals surface area contributed by atoms with Crippen LogP contribution in [0, 0.1) is 0 Å². The molecule has 0 unspecified atom stereocenters. The van der Waals surface area contributed by atoms with E-state index < -0.39 is 5.97 Å². The van der Waals surface area contributed by atoms with Crippen molar-refractivity contribution in [3.63, 3.8) is 0 Å². The summed E-state index contributed by atoms with van der Waals surface area (Å²) in [5.74, 6) is -0.928. The van der Waals surface area contributed by atoms with Gasteiger partial charge in [0.05, 0.1) is 12.7 Å². The zero-order valence-corrected chi connectivity index (χ0v) is 10.9. The van der Waals surface area contributed by atoms with E-state index in [0.717, 1.165) is 0 Å². The van der Waals surface area contributed by atoms with Gasteiger partial charge in [0.15, 0.2) is 0 Å². The van der Waals surface area contributed by atoms with Gasteiger partial charge in [-0.2, -0.15) is 0 Å². The van der Waals surface area contributed by atoms with E-state index in [2.05, 4.69) is 0 Å². The van der Waals surface area contributed by atoms with Crippen LogP contribution >= 0.6 is 0 Å². The Labute approximate surface area is 111 Å². The Morgan fingerprint density at radius 2 is 2.05 bits per heavy atom. The first-order valence-electron chi connectivity index (χ1n) is 5.80. The van der Waals surface area contributed by atoms with E-state index in [-0.39, 0.29) is 23.6 Å². The molecule has 0 atom stereocenters. The van der Waals surface area contributed by atoms with Gasteiger partial charge in [0, 0.05) is 20.0 Å². The number of carboxylic acid groups (broad SMARTS) is 1. The Kier molecular flexibility index (Phi) is 5.17. The molecule has 0 bridgehead atoms. The second-order valence-electron chi connectivity index (χ2n) is 4.11. The molecule has 19 heavy (non-hydrogen) atoms. The summed E-state index contributed by atoms with van der Waals surface area (Å²) < 4.78 is 4.99. The number of hydrogen-bond acceptors (Lipinski definition) is 4. The quantitative estimate of drug-likeness (QED) is 0.812. The van der Waals surface area contributed by atoms with E-state index in [1.807, 2.05) is 0 Å². The molecule has 0 aromatic heterocycles. The molecule has 1 rings (SSSR count). The number of aromatic hydroxyl groups is 1. The monoisotopic (exact) mass is 267 g/mol. The zero-order chi connectivity index (χ0) is 14.4. The number of aliphatic carboxylic acids is 1. The highest BCUT2D eigenvalue weighted by atomic mass is 16.5. The van der Waals surface area contributed by atoms with Crippen molar-refractivity contribution in [1.29, 1.82) is 0 Å². The lowest BCUT2D eigenvalue weighted by Gasteiger charge is -2.17. The number of nitrogens with zero attached hydrogens (tertiary/aromatic N) is 1. The first-order chi connectivity index (χ1) is 8.95. The first-order valence-corrected chi connectivity index (χ1v) is 5.80. The molecule has 0 spiro atoms. The van der Waals surface area contributed by atoms with Crippen molar-refractivity contribution in [2.75, 3.05) is 20.7 Å². The van der Waals surface area contributed by atoms with Gasteiger partial charge in [-0.25, -0.2) is 0 Å². The molecule has 0 heterocycles. The lowest BCUT2D eigenvalue weighted by atomic mass is 10.1. The summed E-state index contributed by atoms with van der Waals surface area (Å²) in [4.78, 5) is 23.8. The van der Waals surface area contributed by atoms with Crippen LogP contribution < -0.4 is 4.74 Å². The van der Waals surface area contributed by atoms with Gasteiger partial charge in [0.25, 0.3) is 5.91 Å². The predicted octanol–water partition coefficient (Wildman–Crippen LogP) is 1.34. The summed E-state index contributed by atoms with van der Waals surface area (Å²) in [5.41, 5.74) is 0.136. The zero-order valence-electron chi connectivity index (χ0n) is 10.9. The number of carboxylic acids is 1. The average molecular weight is 267 g/mol. The topological polar surface area (TPSA) is 87.1 Å². The molecule has 0 aliphatic heterocycles. The van der Waals surface area contributed by atoms with Crippen LogP contribution in [0.25, 0.3) is 0 Å². The van der Waals surface area contributed by atoms with Crippen molar-refractivity contribution in [3.8, 4) is 11.5 Å². The Morgan fingerprint density at radius 1 is 1.37 bits per heavy atom. The number of methoxy groups -OCH3 is 1. The highest BCUT2D eigenvalue weighted by molar-refractivity contribution is 5.97. The van der Waals surface area contributed by atoms with E-state index in [9.17, 15) is 14.7 Å². The molecule has 1 amide bonds. The fraction of sp³-hybridized carbons (Fsp3) is 0.385. The summed E-state index contributed by atoms with van der Waals surface area (Å²) in [6.45, 7) is 0.307. The summed E-state index contributed by atoms with van der Waals surface area (Å²) >= 11 is 0. The number of benzene rings is 1. The highest BCUT2D eigenvalue weighted by Gasteiger charge is 2.16. The van der Waals surface area contributed by atoms with Gasteiger partial charge < -0.3 is 19.8 Å². The van der Waals surface area contributed by atoms with Gasteiger partial charge in [-0.05, 0) is 24.6 Å². The number of rotatable bonds is 6. The van der Waals surface area contributed by atoms with Crippen LogP contribution in [0.4, 0.5) is 0 Å². The van der Waals surface area contributed by atoms with E-state index in [1.165, 1.54) is 24.1 Å². The van der Waals surface area contributed by atoms with Crippen LogP contribution in [0.15, 0.2) is 18.2 Å². The number of carbonyl (C=O) groups excluding carboxylic acids is 1. The number of carbonyl (C=O) groups is 2. The van der Waals surface area contributed by atoms with Gasteiger partial charge in [-0.15, -0.1) is 0 Å². The van der Waals surface area contributed by atoms with Gasteiger partial charge in [-0.1, -0.05) is 0 Å². The number of phenolic OH excluding ortho intramolecular Hbond substituents is 1. The van der Waals surface area contributed by atoms with Crippen molar-refractivity contribution >= 4 is 11.9 Å². The summed E-state index contributed by atoms with van der Waals surface area (Å²) in [7, 11) is 3.03. The van der Waals surface area contributed by atoms with Gasteiger partial charge in [0.2, 0.25) is 0 Å². The van der Waals surface area contributed by atoms with Crippen molar-refractivity contribution in [3.05, 3.63) is 23.8 Å². The summed E-state index contributed by atoms with van der Waals surface area (Å²) in [6.07, 6.45) is 0.365. The Bertz CT molecular complexity index is 472. The van der Waals surface area contributed by atoms with Crippen molar-refractivity contribution < 1.29 is 24.5 Å². The second-order valence-corrected chi connectivity index (χ2v) is 4.11. The van der Waals surface area contributed by atoms with Crippen molar-refractivity contribution in [1.82, 2.24) is 4.90 Å². The van der Waals surface area contributed by atoms with E-state index >= 15 is 0 Å². The second kappa shape index (κ2) is 6.63. The maximum Gasteiger partial charge on any atom is 0.303 e. The molecular formula is C13H17NO5. The maximum atomic E-state index is 12.1. The lowest BCUT2D eigenvalue weighted by Crippen LogP contribution is -2.28. The maximum absolute atomic E-state index is 12.1. The molecule has 0 aliphatic rings. The third kappa shape index (κ3) is 4.17. The first kappa shape index (κ1) is 14.8. The minimum atomic E-state index is -0.898. The molecular weight excluding hydrogens is 250 g/mol. The minimum absolute atomic E-state index is 0.00170. The van der Waals surface area contributed by atoms with E-state index in [1.54, 1.807) is 13.1 Å². The molecule has 2 N–H and O–H groups in total. The lowest BCUT2D eigenvalue weighted by molar-refractivity contribution is -0.137. The molecule has 0 saturated heterocycles. The molecule has 6 heteroatoms. The SMILES string of the molecule is COc1ccc(O)c(C(=O)N(C)CCCC(=O)O)c1. The third-order valence-electron chi connectivity index (χ3n) is 2.66. The fourth-order valence-electron chi connectivity index (χ4n) is 1.59. The third-order valence-corrected chi connectivity index (χ3v) is 2.66. The molecule has 1 aromatic rings. The smallest absolute Gasteiger partial charge is 0.303 e.